The van der Waals surface area contributed by atoms with Crippen LogP contribution in [0.1, 0.15) is 17.3 Å². The quantitative estimate of drug-likeness (QED) is 0.750. The number of carbonyl (C=O) groups excluding carboxylic acids is 1. The van der Waals surface area contributed by atoms with Gasteiger partial charge in [-0.3, -0.25) is 9.36 Å². The zero-order valence-electron chi connectivity index (χ0n) is 13.8. The van der Waals surface area contributed by atoms with E-state index in [1.807, 2.05) is 6.92 Å². The van der Waals surface area contributed by atoms with Crippen LogP contribution in [0.25, 0.3) is 10.9 Å². The fourth-order valence-electron chi connectivity index (χ4n) is 2.62. The summed E-state index contributed by atoms with van der Waals surface area (Å²) in [7, 11) is -3.82. The molecule has 0 spiro atoms. The lowest BCUT2D eigenvalue weighted by Gasteiger charge is -2.14. The summed E-state index contributed by atoms with van der Waals surface area (Å²) < 4.78 is 28.5. The molecule has 25 heavy (non-hydrogen) atoms. The van der Waals surface area contributed by atoms with Crippen LogP contribution in [-0.4, -0.2) is 30.0 Å². The Bertz CT molecular complexity index is 1040. The van der Waals surface area contributed by atoms with E-state index in [4.69, 9.17) is 0 Å². The highest BCUT2D eigenvalue weighted by Gasteiger charge is 2.24. The maximum Gasteiger partial charge on any atom is 0.249 e. The lowest BCUT2D eigenvalue weighted by Crippen LogP contribution is -2.40. The van der Waals surface area contributed by atoms with Gasteiger partial charge in [0.15, 0.2) is 0 Å². The molecule has 0 aliphatic heterocycles. The fraction of sp³-hybridized carbons (Fsp3) is 0.167. The summed E-state index contributed by atoms with van der Waals surface area (Å²) >= 11 is 0. The lowest BCUT2D eigenvalue weighted by atomic mass is 10.2. The number of rotatable bonds is 4. The number of para-hydroxylation sites is 1. The first-order chi connectivity index (χ1) is 11.8. The first kappa shape index (κ1) is 17.2. The first-order valence-electron chi connectivity index (χ1n) is 7.72. The van der Waals surface area contributed by atoms with Crippen molar-refractivity contribution in [3.8, 4) is 5.75 Å². The second-order valence-electron chi connectivity index (χ2n) is 5.90. The van der Waals surface area contributed by atoms with Crippen LogP contribution in [-0.2, 0) is 10.0 Å². The van der Waals surface area contributed by atoms with E-state index >= 15 is 0 Å². The van der Waals surface area contributed by atoms with Crippen LogP contribution in [0.15, 0.2) is 59.6 Å². The molecule has 6 nitrogen and oxygen atoms in total. The molecule has 2 N–H and O–H groups in total. The molecule has 7 heteroatoms. The Kier molecular flexibility index (Phi) is 4.36. The van der Waals surface area contributed by atoms with E-state index < -0.39 is 22.0 Å². The van der Waals surface area contributed by atoms with Gasteiger partial charge in [0, 0.05) is 5.39 Å². The van der Waals surface area contributed by atoms with Crippen molar-refractivity contribution in [2.45, 2.75) is 24.8 Å². The van der Waals surface area contributed by atoms with Gasteiger partial charge in [-0.2, -0.15) is 4.72 Å². The standard InChI is InChI=1S/C18H18N2O4S/c1-12-7-9-14(10-8-12)25(23,24)19-13(2)18(22)20-11-17(21)15-5-3-4-6-16(15)20/h3-11,13,19,21H,1-2H3/t13-/m0/s1. The van der Waals surface area contributed by atoms with E-state index in [1.54, 1.807) is 36.4 Å². The highest BCUT2D eigenvalue weighted by molar-refractivity contribution is 7.89. The van der Waals surface area contributed by atoms with Gasteiger partial charge in [-0.25, -0.2) is 8.42 Å². The predicted molar refractivity (Wildman–Crippen MR) is 95.2 cm³/mol. The highest BCUT2D eigenvalue weighted by atomic mass is 32.2. The number of nitrogens with zero attached hydrogens (tertiary/aromatic N) is 1. The number of sulfonamides is 1. The normalized spacial score (nSPS) is 13.0. The summed E-state index contributed by atoms with van der Waals surface area (Å²) in [5.74, 6) is -0.510. The predicted octanol–water partition coefficient (Wildman–Crippen LogP) is 2.66. The van der Waals surface area contributed by atoms with E-state index in [9.17, 15) is 18.3 Å². The molecule has 0 saturated heterocycles. The Balaban J connectivity index is 1.88. The number of benzene rings is 2. The molecule has 1 atom stereocenters. The van der Waals surface area contributed by atoms with E-state index in [0.717, 1.165) is 5.56 Å². The van der Waals surface area contributed by atoms with E-state index in [-0.39, 0.29) is 10.6 Å². The summed E-state index contributed by atoms with van der Waals surface area (Å²) in [6.45, 7) is 3.33. The number of hydrogen-bond acceptors (Lipinski definition) is 4. The van der Waals surface area contributed by atoms with Crippen molar-refractivity contribution in [3.05, 3.63) is 60.3 Å². The Morgan fingerprint density at radius 1 is 1.12 bits per heavy atom. The van der Waals surface area contributed by atoms with Gasteiger partial charge in [-0.15, -0.1) is 0 Å². The number of fused-ring (bicyclic) bond motifs is 1. The van der Waals surface area contributed by atoms with Crippen molar-refractivity contribution in [3.63, 3.8) is 0 Å². The van der Waals surface area contributed by atoms with Crippen LogP contribution in [0.2, 0.25) is 0 Å². The minimum absolute atomic E-state index is 0.0301. The highest BCUT2D eigenvalue weighted by Crippen LogP contribution is 2.26. The molecule has 0 radical (unpaired) electrons. The third-order valence-corrected chi connectivity index (χ3v) is 5.52. The number of hydrogen-bond donors (Lipinski definition) is 2. The SMILES string of the molecule is Cc1ccc(S(=O)(=O)N[C@@H](C)C(=O)n2cc(O)c3ccccc32)cc1. The van der Waals surface area contributed by atoms with E-state index in [1.165, 1.54) is 29.8 Å². The third kappa shape index (κ3) is 3.29. The average Bonchev–Trinajstić information content (AvgIpc) is 2.91. The molecule has 0 aliphatic carbocycles. The zero-order valence-corrected chi connectivity index (χ0v) is 14.6. The van der Waals surface area contributed by atoms with Crippen molar-refractivity contribution >= 4 is 26.8 Å². The van der Waals surface area contributed by atoms with Crippen molar-refractivity contribution in [1.82, 2.24) is 9.29 Å². The first-order valence-corrected chi connectivity index (χ1v) is 9.20. The molecule has 0 amide bonds. The molecular formula is C18H18N2O4S. The number of aryl methyl sites for hydroxylation is 1. The maximum atomic E-state index is 12.7. The monoisotopic (exact) mass is 358 g/mol. The molecule has 3 rings (SSSR count). The summed E-state index contributed by atoms with van der Waals surface area (Å²) in [5, 5.41) is 10.5. The zero-order chi connectivity index (χ0) is 18.2. The van der Waals surface area contributed by atoms with Crippen LogP contribution in [0, 0.1) is 6.92 Å². The van der Waals surface area contributed by atoms with Gasteiger partial charge in [0.05, 0.1) is 22.7 Å². The summed E-state index contributed by atoms with van der Waals surface area (Å²) in [4.78, 5) is 12.8. The molecule has 3 aromatic rings. The average molecular weight is 358 g/mol. The molecule has 130 valence electrons. The maximum absolute atomic E-state index is 12.7. The van der Waals surface area contributed by atoms with E-state index in [2.05, 4.69) is 4.72 Å². The topological polar surface area (TPSA) is 88.4 Å². The van der Waals surface area contributed by atoms with Gasteiger partial charge in [0.25, 0.3) is 0 Å². The summed E-state index contributed by atoms with van der Waals surface area (Å²) in [6, 6.07) is 12.2. The van der Waals surface area contributed by atoms with Crippen molar-refractivity contribution < 1.29 is 18.3 Å². The van der Waals surface area contributed by atoms with Gasteiger partial charge in [-0.05, 0) is 38.1 Å². The lowest BCUT2D eigenvalue weighted by molar-refractivity contribution is 0.0884. The number of nitrogens with one attached hydrogen (secondary N) is 1. The molecule has 0 fully saturated rings. The second kappa shape index (κ2) is 6.34. The van der Waals surface area contributed by atoms with Crippen LogP contribution < -0.4 is 4.72 Å². The molecule has 0 unspecified atom stereocenters. The third-order valence-electron chi connectivity index (χ3n) is 3.96. The van der Waals surface area contributed by atoms with Crippen LogP contribution in [0.3, 0.4) is 0 Å². The van der Waals surface area contributed by atoms with E-state index in [0.29, 0.717) is 10.9 Å². The van der Waals surface area contributed by atoms with Gasteiger partial charge >= 0.3 is 0 Å². The molecule has 0 bridgehead atoms. The van der Waals surface area contributed by atoms with Gasteiger partial charge in [0.2, 0.25) is 15.9 Å². The Morgan fingerprint density at radius 2 is 1.76 bits per heavy atom. The van der Waals surface area contributed by atoms with Crippen molar-refractivity contribution in [1.29, 1.82) is 0 Å². The minimum atomic E-state index is -3.82. The van der Waals surface area contributed by atoms with Gasteiger partial charge in [-0.1, -0.05) is 29.8 Å². The van der Waals surface area contributed by atoms with Gasteiger partial charge < -0.3 is 5.11 Å². The number of aromatic hydroxyl groups is 1. The molecule has 1 aromatic heterocycles. The van der Waals surface area contributed by atoms with Gasteiger partial charge in [0.1, 0.15) is 5.75 Å². The van der Waals surface area contributed by atoms with Crippen LogP contribution in [0.5, 0.6) is 5.75 Å². The minimum Gasteiger partial charge on any atom is -0.506 e. The number of aromatic nitrogens is 1. The largest absolute Gasteiger partial charge is 0.506 e. The Hall–Kier alpha value is -2.64. The Morgan fingerprint density at radius 3 is 2.44 bits per heavy atom. The molecule has 1 heterocycles. The second-order valence-corrected chi connectivity index (χ2v) is 7.61. The number of carbonyl (C=O) groups is 1. The fourth-order valence-corrected chi connectivity index (χ4v) is 3.82. The smallest absolute Gasteiger partial charge is 0.249 e. The van der Waals surface area contributed by atoms with Crippen molar-refractivity contribution in [2.75, 3.05) is 0 Å². The molecule has 2 aromatic carbocycles. The summed E-state index contributed by atoms with van der Waals surface area (Å²) in [6.07, 6.45) is 1.30. The molecule has 0 saturated carbocycles. The Labute approximate surface area is 145 Å². The molecule has 0 aliphatic rings. The van der Waals surface area contributed by atoms with Crippen LogP contribution >= 0.6 is 0 Å². The van der Waals surface area contributed by atoms with Crippen molar-refractivity contribution in [2.24, 2.45) is 0 Å². The molecular weight excluding hydrogens is 340 g/mol. The summed E-state index contributed by atoms with van der Waals surface area (Å²) in [5.41, 5.74) is 1.46. The van der Waals surface area contributed by atoms with Crippen LogP contribution in [0.4, 0.5) is 0 Å².